The first kappa shape index (κ1) is 14.2. The van der Waals surface area contributed by atoms with Gasteiger partial charge in [0.1, 0.15) is 5.75 Å². The number of rotatable bonds is 4. The predicted molar refractivity (Wildman–Crippen MR) is 85.7 cm³/mol. The molecule has 0 aliphatic carbocycles. The fourth-order valence-corrected chi connectivity index (χ4v) is 2.74. The molecule has 0 bridgehead atoms. The van der Waals surface area contributed by atoms with Crippen LogP contribution >= 0.6 is 0 Å². The first-order valence-electron chi connectivity index (χ1n) is 7.16. The maximum atomic E-state index is 11.8. The summed E-state index contributed by atoms with van der Waals surface area (Å²) in [6.45, 7) is 2.07. The van der Waals surface area contributed by atoms with Crippen LogP contribution in [-0.4, -0.2) is 22.6 Å². The minimum atomic E-state index is -0.937. The third kappa shape index (κ3) is 2.22. The smallest absolute Gasteiger partial charge is 0.338 e. The quantitative estimate of drug-likeness (QED) is 0.794. The van der Waals surface area contributed by atoms with Gasteiger partial charge in [-0.15, -0.1) is 0 Å². The second-order valence-corrected chi connectivity index (χ2v) is 5.10. The number of pyridine rings is 1. The van der Waals surface area contributed by atoms with Gasteiger partial charge >= 0.3 is 5.97 Å². The van der Waals surface area contributed by atoms with E-state index in [0.29, 0.717) is 22.4 Å². The zero-order valence-corrected chi connectivity index (χ0v) is 12.5. The van der Waals surface area contributed by atoms with Gasteiger partial charge in [-0.3, -0.25) is 0 Å². The number of aryl methyl sites for hydroxylation is 1. The Morgan fingerprint density at radius 1 is 1.23 bits per heavy atom. The van der Waals surface area contributed by atoms with Crippen LogP contribution in [0.25, 0.3) is 16.6 Å². The highest BCUT2D eigenvalue weighted by Gasteiger charge is 2.20. The second-order valence-electron chi connectivity index (χ2n) is 5.10. The van der Waals surface area contributed by atoms with Gasteiger partial charge in [-0.25, -0.2) is 4.79 Å². The zero-order valence-electron chi connectivity index (χ0n) is 12.5. The highest BCUT2D eigenvalue weighted by Crippen LogP contribution is 2.36. The molecule has 0 saturated heterocycles. The summed E-state index contributed by atoms with van der Waals surface area (Å²) in [6, 6.07) is 11.4. The zero-order chi connectivity index (χ0) is 15.7. The molecule has 0 spiro atoms. The Labute approximate surface area is 128 Å². The van der Waals surface area contributed by atoms with Crippen LogP contribution in [0.3, 0.4) is 0 Å². The van der Waals surface area contributed by atoms with E-state index in [1.165, 1.54) is 0 Å². The average Bonchev–Trinajstić information content (AvgIpc) is 2.93. The van der Waals surface area contributed by atoms with Gasteiger partial charge in [0.15, 0.2) is 0 Å². The number of hydrogen-bond donors (Lipinski definition) is 1. The van der Waals surface area contributed by atoms with Crippen molar-refractivity contribution in [2.75, 3.05) is 7.11 Å². The first-order chi connectivity index (χ1) is 10.7. The van der Waals surface area contributed by atoms with Crippen molar-refractivity contribution in [1.82, 2.24) is 4.40 Å². The van der Waals surface area contributed by atoms with Gasteiger partial charge in [0.25, 0.3) is 0 Å². The molecule has 112 valence electrons. The number of aromatic nitrogens is 1. The van der Waals surface area contributed by atoms with Crippen molar-refractivity contribution in [3.63, 3.8) is 0 Å². The van der Waals surface area contributed by atoms with Crippen molar-refractivity contribution in [3.8, 4) is 16.9 Å². The lowest BCUT2D eigenvalue weighted by Crippen LogP contribution is -1.99. The molecule has 2 heterocycles. The number of fused-ring (bicyclic) bond motifs is 1. The van der Waals surface area contributed by atoms with Crippen LogP contribution < -0.4 is 4.74 Å². The molecule has 3 aromatic rings. The van der Waals surface area contributed by atoms with E-state index < -0.39 is 5.97 Å². The Hall–Kier alpha value is -2.75. The van der Waals surface area contributed by atoms with E-state index in [9.17, 15) is 9.90 Å². The average molecular weight is 295 g/mol. The SMILES string of the molecule is CCc1ccc(OC)c(-c2cn3ccccc3c2C(=O)O)c1. The number of methoxy groups -OCH3 is 1. The van der Waals surface area contributed by atoms with E-state index in [-0.39, 0.29) is 0 Å². The van der Waals surface area contributed by atoms with E-state index >= 15 is 0 Å². The molecule has 0 unspecified atom stereocenters. The fraction of sp³-hybridized carbons (Fsp3) is 0.167. The lowest BCUT2D eigenvalue weighted by Gasteiger charge is -2.10. The van der Waals surface area contributed by atoms with E-state index in [0.717, 1.165) is 17.5 Å². The molecule has 1 N–H and O–H groups in total. The van der Waals surface area contributed by atoms with Gasteiger partial charge in [0.2, 0.25) is 0 Å². The van der Waals surface area contributed by atoms with Crippen LogP contribution in [0.5, 0.6) is 5.75 Å². The summed E-state index contributed by atoms with van der Waals surface area (Å²) in [7, 11) is 1.60. The van der Waals surface area contributed by atoms with Crippen molar-refractivity contribution in [2.45, 2.75) is 13.3 Å². The van der Waals surface area contributed by atoms with Crippen molar-refractivity contribution in [2.24, 2.45) is 0 Å². The lowest BCUT2D eigenvalue weighted by molar-refractivity contribution is 0.0700. The summed E-state index contributed by atoms with van der Waals surface area (Å²) in [6.07, 6.45) is 4.57. The standard InChI is InChI=1S/C18H17NO3/c1-3-12-7-8-16(22-2)13(10-12)14-11-19-9-5-4-6-15(19)17(14)18(20)21/h4-11H,3H2,1-2H3,(H,20,21). The van der Waals surface area contributed by atoms with E-state index in [1.54, 1.807) is 7.11 Å². The van der Waals surface area contributed by atoms with Crippen LogP contribution in [0.15, 0.2) is 48.8 Å². The van der Waals surface area contributed by atoms with Crippen molar-refractivity contribution >= 4 is 11.5 Å². The van der Waals surface area contributed by atoms with Gasteiger partial charge in [0.05, 0.1) is 18.2 Å². The molecule has 0 atom stereocenters. The molecular weight excluding hydrogens is 278 g/mol. The highest BCUT2D eigenvalue weighted by atomic mass is 16.5. The van der Waals surface area contributed by atoms with Crippen LogP contribution in [0.2, 0.25) is 0 Å². The Bertz CT molecular complexity index is 849. The molecule has 22 heavy (non-hydrogen) atoms. The Morgan fingerprint density at radius 2 is 2.05 bits per heavy atom. The summed E-state index contributed by atoms with van der Waals surface area (Å²) in [5, 5.41) is 9.65. The molecule has 0 aliphatic heterocycles. The Balaban J connectivity index is 2.34. The lowest BCUT2D eigenvalue weighted by atomic mass is 9.99. The summed E-state index contributed by atoms with van der Waals surface area (Å²) >= 11 is 0. The molecular formula is C18H17NO3. The number of ether oxygens (including phenoxy) is 1. The largest absolute Gasteiger partial charge is 0.496 e. The molecule has 0 saturated carbocycles. The molecule has 3 rings (SSSR count). The second kappa shape index (κ2) is 5.56. The molecule has 4 heteroatoms. The van der Waals surface area contributed by atoms with Gasteiger partial charge in [-0.2, -0.15) is 0 Å². The minimum absolute atomic E-state index is 0.298. The monoisotopic (exact) mass is 295 g/mol. The van der Waals surface area contributed by atoms with Crippen molar-refractivity contribution in [1.29, 1.82) is 0 Å². The number of carboxylic acids is 1. The maximum Gasteiger partial charge on any atom is 0.338 e. The summed E-state index contributed by atoms with van der Waals surface area (Å²) in [4.78, 5) is 11.8. The molecule has 1 aromatic carbocycles. The van der Waals surface area contributed by atoms with Crippen LogP contribution in [0, 0.1) is 0 Å². The van der Waals surface area contributed by atoms with Crippen molar-refractivity contribution in [3.05, 3.63) is 59.9 Å². The van der Waals surface area contributed by atoms with Gasteiger partial charge in [-0.1, -0.05) is 19.1 Å². The normalized spacial score (nSPS) is 10.8. The summed E-state index contributed by atoms with van der Waals surface area (Å²) in [5.74, 6) is -0.261. The third-order valence-electron chi connectivity index (χ3n) is 3.86. The fourth-order valence-electron chi connectivity index (χ4n) is 2.74. The minimum Gasteiger partial charge on any atom is -0.496 e. The number of benzene rings is 1. The van der Waals surface area contributed by atoms with E-state index in [1.807, 2.05) is 53.2 Å². The summed E-state index contributed by atoms with van der Waals surface area (Å²) in [5.41, 5.74) is 3.59. The Kier molecular flexibility index (Phi) is 3.59. The first-order valence-corrected chi connectivity index (χ1v) is 7.16. The molecule has 0 aliphatic rings. The van der Waals surface area contributed by atoms with E-state index in [2.05, 4.69) is 6.92 Å². The highest BCUT2D eigenvalue weighted by molar-refractivity contribution is 6.04. The van der Waals surface area contributed by atoms with Crippen LogP contribution in [0.1, 0.15) is 22.8 Å². The van der Waals surface area contributed by atoms with Gasteiger partial charge in [0, 0.05) is 23.5 Å². The summed E-state index contributed by atoms with van der Waals surface area (Å²) < 4.78 is 7.26. The number of carboxylic acid groups (broad SMARTS) is 1. The van der Waals surface area contributed by atoms with E-state index in [4.69, 9.17) is 4.74 Å². The van der Waals surface area contributed by atoms with Crippen LogP contribution in [-0.2, 0) is 6.42 Å². The topological polar surface area (TPSA) is 50.9 Å². The molecule has 2 aromatic heterocycles. The molecule has 0 radical (unpaired) electrons. The van der Waals surface area contributed by atoms with Gasteiger partial charge in [-0.05, 0) is 36.2 Å². The molecule has 0 amide bonds. The number of aromatic carboxylic acids is 1. The molecule has 0 fully saturated rings. The van der Waals surface area contributed by atoms with Crippen LogP contribution in [0.4, 0.5) is 0 Å². The number of hydrogen-bond acceptors (Lipinski definition) is 2. The maximum absolute atomic E-state index is 11.8. The Morgan fingerprint density at radius 3 is 2.73 bits per heavy atom. The van der Waals surface area contributed by atoms with Gasteiger partial charge < -0.3 is 14.2 Å². The van der Waals surface area contributed by atoms with Crippen molar-refractivity contribution < 1.29 is 14.6 Å². The number of carbonyl (C=O) groups is 1. The molecule has 4 nitrogen and oxygen atoms in total. The number of nitrogens with zero attached hydrogens (tertiary/aromatic N) is 1. The predicted octanol–water partition coefficient (Wildman–Crippen LogP) is 3.88. The third-order valence-corrected chi connectivity index (χ3v) is 3.86.